The number of benzene rings is 2. The Labute approximate surface area is 209 Å². The van der Waals surface area contributed by atoms with Crippen LogP contribution in [0.1, 0.15) is 27.7 Å². The summed E-state index contributed by atoms with van der Waals surface area (Å²) < 4.78 is 23.8. The van der Waals surface area contributed by atoms with Gasteiger partial charge in [0, 0.05) is 11.8 Å². The third-order valence-electron chi connectivity index (χ3n) is 5.50. The average molecular weight is 513 g/mol. The van der Waals surface area contributed by atoms with Crippen molar-refractivity contribution in [3.05, 3.63) is 76.5 Å². The van der Waals surface area contributed by atoms with Crippen molar-refractivity contribution in [2.45, 2.75) is 18.5 Å². The van der Waals surface area contributed by atoms with E-state index >= 15 is 0 Å². The van der Waals surface area contributed by atoms with E-state index in [1.165, 1.54) is 31.7 Å². The fraction of sp³-hybridized carbons (Fsp3) is 0.208. The van der Waals surface area contributed by atoms with Gasteiger partial charge in [-0.3, -0.25) is 9.59 Å². The predicted octanol–water partition coefficient (Wildman–Crippen LogP) is 2.92. The number of halogens is 1. The van der Waals surface area contributed by atoms with Crippen molar-refractivity contribution in [1.82, 2.24) is 15.2 Å². The lowest BCUT2D eigenvalue weighted by Crippen LogP contribution is -2.49. The molecule has 0 bridgehead atoms. The zero-order valence-corrected chi connectivity index (χ0v) is 20.0. The van der Waals surface area contributed by atoms with Crippen molar-refractivity contribution in [3.8, 4) is 5.75 Å². The number of amides is 4. The molecule has 1 aromatic heterocycles. The van der Waals surface area contributed by atoms with Crippen molar-refractivity contribution in [3.63, 3.8) is 0 Å². The number of carbonyl (C=O) groups excluding carboxylic acids is 4. The van der Waals surface area contributed by atoms with Gasteiger partial charge in [0.25, 0.3) is 5.91 Å². The van der Waals surface area contributed by atoms with Gasteiger partial charge in [0.05, 0.1) is 14.2 Å². The Kier molecular flexibility index (Phi) is 7.25. The minimum Gasteiger partial charge on any atom is -0.494 e. The van der Waals surface area contributed by atoms with Gasteiger partial charge in [0.2, 0.25) is 5.91 Å². The number of rotatable bonds is 8. The number of anilines is 1. The lowest BCUT2D eigenvalue weighted by Gasteiger charge is -2.24. The van der Waals surface area contributed by atoms with Crippen LogP contribution in [0.5, 0.6) is 5.75 Å². The SMILES string of the molecule is COC(=O)c1csc(NC(=O)[C@H](Cc2ccccc2)N2C(=O)N[C@@H](c3ccc(OC)c(F)c3)C2=O)n1. The summed E-state index contributed by atoms with van der Waals surface area (Å²) in [5.74, 6) is -2.77. The van der Waals surface area contributed by atoms with Crippen LogP contribution in [0.15, 0.2) is 53.9 Å². The molecule has 0 spiro atoms. The Bertz CT molecular complexity index is 1310. The van der Waals surface area contributed by atoms with E-state index in [9.17, 15) is 23.6 Å². The lowest BCUT2D eigenvalue weighted by molar-refractivity contribution is -0.134. The molecule has 1 saturated heterocycles. The summed E-state index contributed by atoms with van der Waals surface area (Å²) in [5, 5.41) is 6.60. The van der Waals surface area contributed by atoms with Crippen LogP contribution in [-0.4, -0.2) is 54.0 Å². The van der Waals surface area contributed by atoms with Gasteiger partial charge in [-0.05, 0) is 23.3 Å². The molecule has 36 heavy (non-hydrogen) atoms. The van der Waals surface area contributed by atoms with Gasteiger partial charge in [-0.1, -0.05) is 36.4 Å². The van der Waals surface area contributed by atoms with Crippen LogP contribution in [0.4, 0.5) is 14.3 Å². The Morgan fingerprint density at radius 1 is 1.19 bits per heavy atom. The second-order valence-corrected chi connectivity index (χ2v) is 8.57. The Morgan fingerprint density at radius 2 is 1.94 bits per heavy atom. The van der Waals surface area contributed by atoms with E-state index in [1.54, 1.807) is 30.3 Å². The lowest BCUT2D eigenvalue weighted by atomic mass is 10.0. The van der Waals surface area contributed by atoms with Crippen LogP contribution >= 0.6 is 11.3 Å². The fourth-order valence-corrected chi connectivity index (χ4v) is 4.42. The van der Waals surface area contributed by atoms with Gasteiger partial charge in [0.1, 0.15) is 12.1 Å². The summed E-state index contributed by atoms with van der Waals surface area (Å²) in [6.45, 7) is 0. The molecule has 1 aliphatic heterocycles. The molecule has 0 saturated carbocycles. The molecule has 12 heteroatoms. The summed E-state index contributed by atoms with van der Waals surface area (Å²) in [5.41, 5.74) is 0.913. The zero-order chi connectivity index (χ0) is 25.8. The van der Waals surface area contributed by atoms with Crippen LogP contribution in [0, 0.1) is 5.82 Å². The van der Waals surface area contributed by atoms with Crippen LogP contribution in [0.25, 0.3) is 0 Å². The molecule has 0 unspecified atom stereocenters. The number of hydrogen-bond donors (Lipinski definition) is 2. The van der Waals surface area contributed by atoms with Gasteiger partial charge < -0.3 is 20.1 Å². The first kappa shape index (κ1) is 24.8. The highest BCUT2D eigenvalue weighted by Gasteiger charge is 2.45. The fourth-order valence-electron chi connectivity index (χ4n) is 3.73. The Balaban J connectivity index is 1.62. The molecule has 10 nitrogen and oxygen atoms in total. The molecule has 2 heterocycles. The Hall–Kier alpha value is -4.32. The van der Waals surface area contributed by atoms with E-state index in [4.69, 9.17) is 4.74 Å². The number of urea groups is 1. The Morgan fingerprint density at radius 3 is 2.61 bits per heavy atom. The van der Waals surface area contributed by atoms with Gasteiger partial charge in [-0.15, -0.1) is 11.3 Å². The minimum atomic E-state index is -1.25. The topological polar surface area (TPSA) is 127 Å². The molecule has 4 rings (SSSR count). The third-order valence-corrected chi connectivity index (χ3v) is 6.25. The number of nitrogens with one attached hydrogen (secondary N) is 2. The number of imide groups is 1. The van der Waals surface area contributed by atoms with Crippen LogP contribution in [-0.2, 0) is 20.7 Å². The van der Waals surface area contributed by atoms with Gasteiger partial charge in [-0.2, -0.15) is 0 Å². The highest BCUT2D eigenvalue weighted by atomic mass is 32.1. The number of carbonyl (C=O) groups is 4. The molecule has 4 amide bonds. The first-order chi connectivity index (χ1) is 17.3. The van der Waals surface area contributed by atoms with Gasteiger partial charge >= 0.3 is 12.0 Å². The molecular formula is C24H21FN4O6S. The monoisotopic (exact) mass is 512 g/mol. The van der Waals surface area contributed by atoms with Crippen molar-refractivity contribution in [2.75, 3.05) is 19.5 Å². The summed E-state index contributed by atoms with van der Waals surface area (Å²) in [4.78, 5) is 56.1. The molecule has 2 N–H and O–H groups in total. The number of thiazole rings is 1. The first-order valence-corrected chi connectivity index (χ1v) is 11.6. The minimum absolute atomic E-state index is 0.00833. The van der Waals surface area contributed by atoms with E-state index in [2.05, 4.69) is 20.4 Å². The van der Waals surface area contributed by atoms with Crippen LogP contribution in [0.2, 0.25) is 0 Å². The van der Waals surface area contributed by atoms with Gasteiger partial charge in [-0.25, -0.2) is 23.9 Å². The number of ether oxygens (including phenoxy) is 2. The van der Waals surface area contributed by atoms with E-state index in [-0.39, 0.29) is 28.6 Å². The quantitative estimate of drug-likeness (QED) is 0.351. The molecule has 2 atom stereocenters. The van der Waals surface area contributed by atoms with E-state index in [0.717, 1.165) is 22.3 Å². The molecule has 186 valence electrons. The number of hydrogen-bond acceptors (Lipinski definition) is 8. The summed E-state index contributed by atoms with van der Waals surface area (Å²) in [7, 11) is 2.52. The van der Waals surface area contributed by atoms with Crippen molar-refractivity contribution >= 4 is 40.3 Å². The van der Waals surface area contributed by atoms with Crippen LogP contribution in [0.3, 0.4) is 0 Å². The maximum Gasteiger partial charge on any atom is 0.357 e. The molecular weight excluding hydrogens is 491 g/mol. The van der Waals surface area contributed by atoms with Gasteiger partial charge in [0.15, 0.2) is 22.4 Å². The highest BCUT2D eigenvalue weighted by molar-refractivity contribution is 7.14. The van der Waals surface area contributed by atoms with Crippen molar-refractivity contribution in [2.24, 2.45) is 0 Å². The predicted molar refractivity (Wildman–Crippen MR) is 127 cm³/mol. The molecule has 1 fully saturated rings. The maximum absolute atomic E-state index is 14.3. The van der Waals surface area contributed by atoms with Crippen molar-refractivity contribution < 1.29 is 33.0 Å². The first-order valence-electron chi connectivity index (χ1n) is 10.7. The number of esters is 1. The molecule has 1 aliphatic rings. The highest BCUT2D eigenvalue weighted by Crippen LogP contribution is 2.29. The summed E-state index contributed by atoms with van der Waals surface area (Å²) in [6.07, 6.45) is 0.0186. The normalized spacial score (nSPS) is 15.9. The smallest absolute Gasteiger partial charge is 0.357 e. The molecule has 2 aromatic carbocycles. The van der Waals surface area contributed by atoms with E-state index in [1.807, 2.05) is 0 Å². The number of aromatic nitrogens is 1. The average Bonchev–Trinajstić information content (AvgIpc) is 3.46. The van der Waals surface area contributed by atoms with Crippen LogP contribution < -0.4 is 15.4 Å². The standard InChI is InChI=1S/C24H21FN4O6S/c1-34-18-9-8-14(11-15(18)25)19-21(31)29(24(33)27-19)17(10-13-6-4-3-5-7-13)20(30)28-23-26-16(12-36-23)22(32)35-2/h3-9,11-12,17,19H,10H2,1-2H3,(H,27,33)(H,26,28,30)/t17-,19-/m0/s1. The molecule has 3 aromatic rings. The van der Waals surface area contributed by atoms with E-state index < -0.39 is 41.7 Å². The molecule has 0 aliphatic carbocycles. The maximum atomic E-state index is 14.3. The number of nitrogens with zero attached hydrogens (tertiary/aromatic N) is 2. The second-order valence-electron chi connectivity index (χ2n) is 7.71. The third kappa shape index (κ3) is 5.03. The summed E-state index contributed by atoms with van der Waals surface area (Å²) >= 11 is 0.990. The number of methoxy groups -OCH3 is 2. The zero-order valence-electron chi connectivity index (χ0n) is 19.2. The second kappa shape index (κ2) is 10.5. The summed E-state index contributed by atoms with van der Waals surface area (Å²) in [6, 6.07) is 9.52. The molecule has 0 radical (unpaired) electrons. The van der Waals surface area contributed by atoms with E-state index in [0.29, 0.717) is 5.56 Å². The largest absolute Gasteiger partial charge is 0.494 e. The van der Waals surface area contributed by atoms with Crippen molar-refractivity contribution in [1.29, 1.82) is 0 Å².